The van der Waals surface area contributed by atoms with Crippen molar-refractivity contribution in [3.05, 3.63) is 22.3 Å². The fraction of sp³-hybridized carbons (Fsp3) is 0.250. The van der Waals surface area contributed by atoms with E-state index >= 15 is 0 Å². The van der Waals surface area contributed by atoms with Gasteiger partial charge in [0.15, 0.2) is 0 Å². The third kappa shape index (κ3) is 65.8. The molecule has 0 bridgehead atoms. The molecular formula is C4H13V2-3. The van der Waals surface area contributed by atoms with Crippen molar-refractivity contribution in [1.29, 1.82) is 0 Å². The maximum absolute atomic E-state index is 0. The molecule has 6 heavy (non-hydrogen) atoms. The van der Waals surface area contributed by atoms with E-state index in [0.717, 1.165) is 0 Å². The molecule has 0 unspecified atom stereocenters. The summed E-state index contributed by atoms with van der Waals surface area (Å²) in [5, 5.41) is 0. The first-order valence-electron chi connectivity index (χ1n) is 0. The minimum absolute atomic E-state index is 0. The Labute approximate surface area is 66.9 Å². The van der Waals surface area contributed by atoms with Gasteiger partial charge in [-0.05, 0) is 0 Å². The fourth-order valence-corrected chi connectivity index (χ4v) is 0. The van der Waals surface area contributed by atoms with Crippen molar-refractivity contribution in [1.82, 2.24) is 0 Å². The van der Waals surface area contributed by atoms with Crippen LogP contribution in [0, 0.1) is 22.3 Å². The molecule has 0 N–H and O–H groups in total. The van der Waals surface area contributed by atoms with Crippen LogP contribution in [0.5, 0.6) is 0 Å². The molecule has 0 aromatic heterocycles. The monoisotopic (exact) mass is 163 g/mol. The van der Waals surface area contributed by atoms with E-state index in [1.165, 1.54) is 0 Å². The van der Waals surface area contributed by atoms with Gasteiger partial charge in [-0.25, -0.2) is 0 Å². The predicted molar refractivity (Wildman–Crippen MR) is 26.0 cm³/mol. The number of rotatable bonds is 0. The smallest absolute Gasteiger partial charge is 0 e. The molecule has 0 heterocycles. The summed E-state index contributed by atoms with van der Waals surface area (Å²) < 4.78 is 0. The van der Waals surface area contributed by atoms with Gasteiger partial charge in [0.25, 0.3) is 0 Å². The molecule has 0 aliphatic heterocycles. The fourth-order valence-electron chi connectivity index (χ4n) is 0. The summed E-state index contributed by atoms with van der Waals surface area (Å²) >= 11 is 0. The molecule has 0 aliphatic rings. The molecule has 0 saturated heterocycles. The molecule has 0 nitrogen and oxygen atoms in total. The van der Waals surface area contributed by atoms with Gasteiger partial charge in [0, 0.05) is 37.1 Å². The first-order valence-corrected chi connectivity index (χ1v) is 0. The van der Waals surface area contributed by atoms with E-state index in [1.54, 1.807) is 0 Å². The topological polar surface area (TPSA) is 0 Å². The Morgan fingerprint density at radius 3 is 0.500 bits per heavy atom. The van der Waals surface area contributed by atoms with Gasteiger partial charge in [-0.15, -0.1) is 0 Å². The van der Waals surface area contributed by atoms with E-state index in [0.29, 0.717) is 0 Å². The molecule has 0 saturated carbocycles. The molecule has 0 atom stereocenters. The second-order valence-corrected chi connectivity index (χ2v) is 0. The Bertz CT molecular complexity index is 5.51. The quantitative estimate of drug-likeness (QED) is 0.479. The zero-order valence-corrected chi connectivity index (χ0v) is 6.69. The van der Waals surface area contributed by atoms with Crippen LogP contribution in [-0.2, 0) is 37.1 Å². The first kappa shape index (κ1) is 200. The van der Waals surface area contributed by atoms with Gasteiger partial charge in [0.2, 0.25) is 0 Å². The molecule has 0 aromatic rings. The van der Waals surface area contributed by atoms with Crippen molar-refractivity contribution < 1.29 is 37.1 Å². The van der Waals surface area contributed by atoms with Crippen LogP contribution in [0.25, 0.3) is 0 Å². The average molecular weight is 163 g/mol. The van der Waals surface area contributed by atoms with Crippen molar-refractivity contribution >= 4 is 0 Å². The van der Waals surface area contributed by atoms with Crippen molar-refractivity contribution in [2.75, 3.05) is 0 Å². The Morgan fingerprint density at radius 2 is 0.500 bits per heavy atom. The summed E-state index contributed by atoms with van der Waals surface area (Å²) in [4.78, 5) is 0. The molecule has 0 rings (SSSR count). The molecule has 2 heteroatoms. The van der Waals surface area contributed by atoms with Crippen LogP contribution in [-0.4, -0.2) is 0 Å². The largest absolute Gasteiger partial charge is 0.358 e. The zero-order chi connectivity index (χ0) is 0. The summed E-state index contributed by atoms with van der Waals surface area (Å²) in [5.41, 5.74) is 0. The molecule has 0 aliphatic carbocycles. The normalized spacial score (nSPS) is 0. The van der Waals surface area contributed by atoms with Crippen molar-refractivity contribution in [2.45, 2.75) is 7.43 Å². The third-order valence-corrected chi connectivity index (χ3v) is 0. The van der Waals surface area contributed by atoms with E-state index in [2.05, 4.69) is 0 Å². The van der Waals surface area contributed by atoms with Gasteiger partial charge < -0.3 is 22.3 Å². The third-order valence-electron chi connectivity index (χ3n) is 0. The van der Waals surface area contributed by atoms with Crippen LogP contribution >= 0.6 is 0 Å². The van der Waals surface area contributed by atoms with E-state index in [4.69, 9.17) is 0 Å². The predicted octanol–water partition coefficient (Wildman–Crippen LogP) is 1.98. The Balaban J connectivity index is 0. The molecule has 0 spiro atoms. The van der Waals surface area contributed by atoms with Gasteiger partial charge in [-0.2, -0.15) is 0 Å². The second-order valence-electron chi connectivity index (χ2n) is 0. The van der Waals surface area contributed by atoms with Crippen LogP contribution in [0.15, 0.2) is 0 Å². The average Bonchev–Trinajstić information content (AvgIpc) is 0. The van der Waals surface area contributed by atoms with Gasteiger partial charge in [-0.3, -0.25) is 0 Å². The molecule has 2 radical (unpaired) electrons. The Hall–Kier alpha value is 1.17. The minimum atomic E-state index is 0. The molecular weight excluding hydrogens is 150 g/mol. The molecule has 0 fully saturated rings. The SMILES string of the molecule is C.[CH3-].[CH3-].[CH3-].[V].[V]. The van der Waals surface area contributed by atoms with E-state index in [-0.39, 0.29) is 66.8 Å². The van der Waals surface area contributed by atoms with Crippen LogP contribution in [0.1, 0.15) is 7.43 Å². The summed E-state index contributed by atoms with van der Waals surface area (Å²) in [6, 6.07) is 0. The van der Waals surface area contributed by atoms with E-state index < -0.39 is 0 Å². The molecule has 0 amide bonds. The maximum atomic E-state index is 0. The molecule has 42 valence electrons. The van der Waals surface area contributed by atoms with Crippen LogP contribution < -0.4 is 0 Å². The first-order chi connectivity index (χ1) is 0. The minimum Gasteiger partial charge on any atom is -0.358 e. The van der Waals surface area contributed by atoms with Crippen molar-refractivity contribution in [3.8, 4) is 0 Å². The van der Waals surface area contributed by atoms with Crippen molar-refractivity contribution in [2.24, 2.45) is 0 Å². The number of hydrogen-bond donors (Lipinski definition) is 0. The van der Waals surface area contributed by atoms with Crippen LogP contribution in [0.3, 0.4) is 0 Å². The summed E-state index contributed by atoms with van der Waals surface area (Å²) in [6.07, 6.45) is 0. The summed E-state index contributed by atoms with van der Waals surface area (Å²) in [7, 11) is 0. The number of hydrogen-bond acceptors (Lipinski definition) is 0. The summed E-state index contributed by atoms with van der Waals surface area (Å²) in [5.74, 6) is 0. The van der Waals surface area contributed by atoms with E-state index in [1.807, 2.05) is 0 Å². The Morgan fingerprint density at radius 1 is 0.500 bits per heavy atom. The Kier molecular flexibility index (Phi) is 4010. The zero-order valence-electron chi connectivity index (χ0n) is 3.89. The van der Waals surface area contributed by atoms with Gasteiger partial charge >= 0.3 is 0 Å². The second kappa shape index (κ2) is 121. The molecule has 0 aromatic carbocycles. The maximum Gasteiger partial charge on any atom is 0 e. The summed E-state index contributed by atoms with van der Waals surface area (Å²) in [6.45, 7) is 0. The van der Waals surface area contributed by atoms with Crippen LogP contribution in [0.2, 0.25) is 0 Å². The van der Waals surface area contributed by atoms with Crippen LogP contribution in [0.4, 0.5) is 0 Å². The van der Waals surface area contributed by atoms with E-state index in [9.17, 15) is 0 Å². The van der Waals surface area contributed by atoms with Gasteiger partial charge in [-0.1, -0.05) is 7.43 Å². The van der Waals surface area contributed by atoms with Gasteiger partial charge in [0.05, 0.1) is 0 Å². The standard InChI is InChI=1S/CH4.3CH3.2V/h1H4;3*1H3;;/q;3*-1;;. The van der Waals surface area contributed by atoms with Gasteiger partial charge in [0.1, 0.15) is 0 Å². The van der Waals surface area contributed by atoms with Crippen molar-refractivity contribution in [3.63, 3.8) is 0 Å².